The Bertz CT molecular complexity index is 832. The highest BCUT2D eigenvalue weighted by atomic mass is 32.2. The first kappa shape index (κ1) is 18.2. The molecule has 1 aromatic carbocycles. The van der Waals surface area contributed by atoms with Crippen LogP contribution in [0.1, 0.15) is 12.5 Å². The lowest BCUT2D eigenvalue weighted by atomic mass is 10.2. The van der Waals surface area contributed by atoms with Crippen molar-refractivity contribution in [1.82, 2.24) is 20.1 Å². The number of carbonyl (C=O) groups is 1. The standard InChI is InChI=1S/C18H20N4O3S/c1-13(23)10-19-16(24)12-26-18-21-20-17(15-8-5-9-25-15)22(18)11-14-6-3-2-4-7-14/h2-9,13,23H,10-12H2,1H3,(H,19,24). The van der Waals surface area contributed by atoms with Crippen LogP contribution in [0, 0.1) is 0 Å². The summed E-state index contributed by atoms with van der Waals surface area (Å²) in [6.07, 6.45) is 1.02. The van der Waals surface area contributed by atoms with Crippen molar-refractivity contribution in [2.75, 3.05) is 12.3 Å². The first-order valence-corrected chi connectivity index (χ1v) is 9.20. The Kier molecular flexibility index (Phi) is 6.08. The van der Waals surface area contributed by atoms with Crippen LogP contribution in [0.2, 0.25) is 0 Å². The summed E-state index contributed by atoms with van der Waals surface area (Å²) in [5.74, 6) is 1.27. The second-order valence-electron chi connectivity index (χ2n) is 5.80. The number of furan rings is 1. The monoisotopic (exact) mass is 372 g/mol. The molecule has 7 nitrogen and oxygen atoms in total. The molecule has 2 aromatic heterocycles. The van der Waals surface area contributed by atoms with Gasteiger partial charge in [-0.3, -0.25) is 9.36 Å². The maximum atomic E-state index is 11.9. The third kappa shape index (κ3) is 4.74. The third-order valence-corrected chi connectivity index (χ3v) is 4.54. The average Bonchev–Trinajstić information content (AvgIpc) is 3.29. The highest BCUT2D eigenvalue weighted by Crippen LogP contribution is 2.25. The molecule has 1 atom stereocenters. The number of aromatic nitrogens is 3. The summed E-state index contributed by atoms with van der Waals surface area (Å²) in [5.41, 5.74) is 1.10. The molecule has 26 heavy (non-hydrogen) atoms. The molecule has 1 unspecified atom stereocenters. The van der Waals surface area contributed by atoms with E-state index in [0.29, 0.717) is 23.3 Å². The van der Waals surface area contributed by atoms with Crippen LogP contribution >= 0.6 is 11.8 Å². The van der Waals surface area contributed by atoms with E-state index in [1.165, 1.54) is 11.8 Å². The molecule has 136 valence electrons. The van der Waals surface area contributed by atoms with Crippen LogP contribution in [0.25, 0.3) is 11.6 Å². The summed E-state index contributed by atoms with van der Waals surface area (Å²) >= 11 is 1.30. The number of aliphatic hydroxyl groups is 1. The van der Waals surface area contributed by atoms with Gasteiger partial charge in [-0.25, -0.2) is 0 Å². The van der Waals surface area contributed by atoms with Crippen molar-refractivity contribution in [3.63, 3.8) is 0 Å². The van der Waals surface area contributed by atoms with Gasteiger partial charge in [-0.15, -0.1) is 10.2 Å². The third-order valence-electron chi connectivity index (χ3n) is 3.57. The van der Waals surface area contributed by atoms with E-state index in [-0.39, 0.29) is 18.2 Å². The lowest BCUT2D eigenvalue weighted by Gasteiger charge is -2.10. The number of amides is 1. The van der Waals surface area contributed by atoms with E-state index in [9.17, 15) is 9.90 Å². The fraction of sp³-hybridized carbons (Fsp3) is 0.278. The van der Waals surface area contributed by atoms with E-state index in [1.54, 1.807) is 19.3 Å². The Morgan fingerprint density at radius 3 is 2.77 bits per heavy atom. The molecule has 2 heterocycles. The van der Waals surface area contributed by atoms with Gasteiger partial charge in [-0.1, -0.05) is 42.1 Å². The number of carbonyl (C=O) groups excluding carboxylic acids is 1. The molecule has 0 saturated heterocycles. The van der Waals surface area contributed by atoms with Crippen LogP contribution in [-0.4, -0.2) is 44.2 Å². The van der Waals surface area contributed by atoms with E-state index in [4.69, 9.17) is 4.42 Å². The molecule has 0 aliphatic carbocycles. The summed E-state index contributed by atoms with van der Waals surface area (Å²) in [7, 11) is 0. The van der Waals surface area contributed by atoms with Gasteiger partial charge in [0.2, 0.25) is 11.7 Å². The molecule has 2 N–H and O–H groups in total. The minimum atomic E-state index is -0.573. The molecule has 0 aliphatic heterocycles. The SMILES string of the molecule is CC(O)CNC(=O)CSc1nnc(-c2ccco2)n1Cc1ccccc1. The van der Waals surface area contributed by atoms with E-state index >= 15 is 0 Å². The number of nitrogens with one attached hydrogen (secondary N) is 1. The highest BCUT2D eigenvalue weighted by Gasteiger charge is 2.17. The summed E-state index contributed by atoms with van der Waals surface area (Å²) in [4.78, 5) is 11.9. The van der Waals surface area contributed by atoms with Crippen LogP contribution in [0.5, 0.6) is 0 Å². The molecule has 0 radical (unpaired) electrons. The summed E-state index contributed by atoms with van der Waals surface area (Å²) in [5, 5.41) is 21.0. The van der Waals surface area contributed by atoms with Gasteiger partial charge in [0.05, 0.1) is 24.7 Å². The number of hydrogen-bond donors (Lipinski definition) is 2. The molecule has 1 amide bonds. The topological polar surface area (TPSA) is 93.2 Å². The molecule has 0 fully saturated rings. The summed E-state index contributed by atoms with van der Waals surface area (Å²) in [6, 6.07) is 13.6. The second-order valence-corrected chi connectivity index (χ2v) is 6.74. The van der Waals surface area contributed by atoms with Gasteiger partial charge in [0, 0.05) is 6.54 Å². The highest BCUT2D eigenvalue weighted by molar-refractivity contribution is 7.99. The fourth-order valence-corrected chi connectivity index (χ4v) is 3.10. The minimum absolute atomic E-state index is 0.162. The molecule has 0 saturated carbocycles. The van der Waals surface area contributed by atoms with E-state index in [0.717, 1.165) is 5.56 Å². The Morgan fingerprint density at radius 1 is 1.27 bits per heavy atom. The lowest BCUT2D eigenvalue weighted by Crippen LogP contribution is -2.31. The molecular weight excluding hydrogens is 352 g/mol. The Morgan fingerprint density at radius 2 is 2.08 bits per heavy atom. The van der Waals surface area contributed by atoms with Gasteiger partial charge in [-0.05, 0) is 24.6 Å². The maximum Gasteiger partial charge on any atom is 0.230 e. The van der Waals surface area contributed by atoms with Crippen molar-refractivity contribution in [2.24, 2.45) is 0 Å². The zero-order chi connectivity index (χ0) is 18.4. The van der Waals surface area contributed by atoms with Crippen molar-refractivity contribution in [3.05, 3.63) is 54.3 Å². The van der Waals surface area contributed by atoms with Crippen molar-refractivity contribution >= 4 is 17.7 Å². The molecule has 8 heteroatoms. The van der Waals surface area contributed by atoms with Crippen LogP contribution in [0.3, 0.4) is 0 Å². The molecular formula is C18H20N4O3S. The van der Waals surface area contributed by atoms with Gasteiger partial charge >= 0.3 is 0 Å². The van der Waals surface area contributed by atoms with Crippen molar-refractivity contribution in [1.29, 1.82) is 0 Å². The van der Waals surface area contributed by atoms with Crippen LogP contribution < -0.4 is 5.32 Å². The van der Waals surface area contributed by atoms with Crippen LogP contribution in [0.4, 0.5) is 0 Å². The summed E-state index contributed by atoms with van der Waals surface area (Å²) in [6.45, 7) is 2.43. The lowest BCUT2D eigenvalue weighted by molar-refractivity contribution is -0.118. The number of hydrogen-bond acceptors (Lipinski definition) is 6. The van der Waals surface area contributed by atoms with Crippen LogP contribution in [0.15, 0.2) is 58.3 Å². The first-order valence-electron chi connectivity index (χ1n) is 8.22. The van der Waals surface area contributed by atoms with Gasteiger partial charge in [-0.2, -0.15) is 0 Å². The van der Waals surface area contributed by atoms with Gasteiger partial charge < -0.3 is 14.8 Å². The average molecular weight is 372 g/mol. The normalized spacial score (nSPS) is 12.1. The van der Waals surface area contributed by atoms with Crippen molar-refractivity contribution < 1.29 is 14.3 Å². The Labute approximate surface area is 155 Å². The van der Waals surface area contributed by atoms with Gasteiger partial charge in [0.15, 0.2) is 10.9 Å². The van der Waals surface area contributed by atoms with Crippen LogP contribution in [-0.2, 0) is 11.3 Å². The van der Waals surface area contributed by atoms with E-state index in [1.807, 2.05) is 41.0 Å². The van der Waals surface area contributed by atoms with E-state index < -0.39 is 6.10 Å². The molecule has 0 spiro atoms. The molecule has 3 aromatic rings. The maximum absolute atomic E-state index is 11.9. The van der Waals surface area contributed by atoms with Crippen molar-refractivity contribution in [2.45, 2.75) is 24.7 Å². The quantitative estimate of drug-likeness (QED) is 0.589. The zero-order valence-electron chi connectivity index (χ0n) is 14.3. The first-order chi connectivity index (χ1) is 12.6. The number of rotatable bonds is 8. The molecule has 3 rings (SSSR count). The zero-order valence-corrected chi connectivity index (χ0v) is 15.1. The second kappa shape index (κ2) is 8.68. The number of aliphatic hydroxyl groups excluding tert-OH is 1. The van der Waals surface area contributed by atoms with Crippen molar-refractivity contribution in [3.8, 4) is 11.6 Å². The minimum Gasteiger partial charge on any atom is -0.461 e. The predicted molar refractivity (Wildman–Crippen MR) is 98.7 cm³/mol. The fourth-order valence-electron chi connectivity index (χ4n) is 2.33. The molecule has 0 aliphatic rings. The molecule has 0 bridgehead atoms. The largest absolute Gasteiger partial charge is 0.461 e. The van der Waals surface area contributed by atoms with Gasteiger partial charge in [0.1, 0.15) is 0 Å². The van der Waals surface area contributed by atoms with Gasteiger partial charge in [0.25, 0.3) is 0 Å². The Balaban J connectivity index is 1.77. The van der Waals surface area contributed by atoms with E-state index in [2.05, 4.69) is 15.5 Å². The number of nitrogens with zero attached hydrogens (tertiary/aromatic N) is 3. The predicted octanol–water partition coefficient (Wildman–Crippen LogP) is 2.18. The number of thioether (sulfide) groups is 1. The number of benzene rings is 1. The Hall–Kier alpha value is -2.58. The summed E-state index contributed by atoms with van der Waals surface area (Å²) < 4.78 is 7.39. The smallest absolute Gasteiger partial charge is 0.230 e.